The number of urea groups is 1. The van der Waals surface area contributed by atoms with Crippen molar-refractivity contribution >= 4 is 6.03 Å². The number of piperazine rings is 1. The number of carbonyl (C=O) groups excluding carboxylic acids is 1. The predicted molar refractivity (Wildman–Crippen MR) is 110 cm³/mol. The van der Waals surface area contributed by atoms with Gasteiger partial charge in [-0.25, -0.2) is 4.79 Å². The molecule has 2 amide bonds. The minimum Gasteiger partial charge on any atom is -0.337 e. The second kappa shape index (κ2) is 9.53. The lowest BCUT2D eigenvalue weighted by Crippen LogP contribution is -2.53. The number of likely N-dealkylation sites (N-methyl/N-ethyl adjacent to an activating group) is 2. The highest BCUT2D eigenvalue weighted by Crippen LogP contribution is 2.24. The van der Waals surface area contributed by atoms with Crippen LogP contribution in [0.2, 0.25) is 0 Å². The lowest BCUT2D eigenvalue weighted by Gasteiger charge is -2.40. The van der Waals surface area contributed by atoms with E-state index in [0.717, 1.165) is 32.7 Å². The van der Waals surface area contributed by atoms with E-state index >= 15 is 0 Å². The molecule has 27 heavy (non-hydrogen) atoms. The van der Waals surface area contributed by atoms with Crippen molar-refractivity contribution in [2.75, 3.05) is 46.8 Å². The Balaban J connectivity index is 1.51. The quantitative estimate of drug-likeness (QED) is 0.854. The molecule has 0 aliphatic carbocycles. The number of amides is 2. The molecule has 3 rings (SSSR count). The summed E-state index contributed by atoms with van der Waals surface area (Å²) in [6.07, 6.45) is 0. The van der Waals surface area contributed by atoms with E-state index in [2.05, 4.69) is 65.6 Å². The van der Waals surface area contributed by atoms with Crippen LogP contribution in [0.4, 0.5) is 4.79 Å². The number of rotatable bonds is 6. The van der Waals surface area contributed by atoms with Crippen molar-refractivity contribution in [1.29, 1.82) is 0 Å². The second-order valence-corrected chi connectivity index (χ2v) is 7.34. The Morgan fingerprint density at radius 2 is 1.74 bits per heavy atom. The molecule has 2 aromatic carbocycles. The smallest absolute Gasteiger partial charge is 0.318 e. The monoisotopic (exact) mass is 366 g/mol. The SMILES string of the molecule is CN(CCNC(=O)N1CCN(C)CC1c1ccccc1)Cc1ccccc1. The average Bonchev–Trinajstić information content (AvgIpc) is 2.69. The molecule has 2 aromatic rings. The van der Waals surface area contributed by atoms with E-state index in [4.69, 9.17) is 0 Å². The average molecular weight is 367 g/mol. The van der Waals surface area contributed by atoms with Crippen LogP contribution in [0.5, 0.6) is 0 Å². The van der Waals surface area contributed by atoms with Gasteiger partial charge in [-0.2, -0.15) is 0 Å². The van der Waals surface area contributed by atoms with E-state index in [1.807, 2.05) is 29.2 Å². The summed E-state index contributed by atoms with van der Waals surface area (Å²) < 4.78 is 0. The maximum absolute atomic E-state index is 12.8. The molecular formula is C22H30N4O. The summed E-state index contributed by atoms with van der Waals surface area (Å²) in [5.41, 5.74) is 2.48. The maximum Gasteiger partial charge on any atom is 0.318 e. The van der Waals surface area contributed by atoms with Gasteiger partial charge in [0, 0.05) is 39.3 Å². The van der Waals surface area contributed by atoms with Crippen LogP contribution in [0.3, 0.4) is 0 Å². The van der Waals surface area contributed by atoms with Gasteiger partial charge in [-0.1, -0.05) is 60.7 Å². The molecule has 1 saturated heterocycles. The fourth-order valence-electron chi connectivity index (χ4n) is 3.55. The van der Waals surface area contributed by atoms with Crippen LogP contribution in [-0.2, 0) is 6.54 Å². The summed E-state index contributed by atoms with van der Waals surface area (Å²) in [6.45, 7) is 4.88. The Kier molecular flexibility index (Phi) is 6.85. The molecule has 5 nitrogen and oxygen atoms in total. The van der Waals surface area contributed by atoms with E-state index in [1.165, 1.54) is 11.1 Å². The number of hydrogen-bond donors (Lipinski definition) is 1. The summed E-state index contributed by atoms with van der Waals surface area (Å²) in [5.74, 6) is 0. The first-order valence-corrected chi connectivity index (χ1v) is 9.64. The van der Waals surface area contributed by atoms with Crippen molar-refractivity contribution in [3.63, 3.8) is 0 Å². The van der Waals surface area contributed by atoms with E-state index in [0.29, 0.717) is 6.54 Å². The van der Waals surface area contributed by atoms with Crippen molar-refractivity contribution in [1.82, 2.24) is 20.0 Å². The van der Waals surface area contributed by atoms with Crippen LogP contribution in [0.15, 0.2) is 60.7 Å². The molecular weight excluding hydrogens is 336 g/mol. The predicted octanol–water partition coefficient (Wildman–Crippen LogP) is 2.82. The fourth-order valence-corrected chi connectivity index (χ4v) is 3.55. The third kappa shape index (κ3) is 5.55. The topological polar surface area (TPSA) is 38.8 Å². The van der Waals surface area contributed by atoms with Crippen molar-refractivity contribution < 1.29 is 4.79 Å². The van der Waals surface area contributed by atoms with Crippen LogP contribution >= 0.6 is 0 Å². The Morgan fingerprint density at radius 3 is 2.44 bits per heavy atom. The molecule has 0 spiro atoms. The molecule has 0 radical (unpaired) electrons. The second-order valence-electron chi connectivity index (χ2n) is 7.34. The van der Waals surface area contributed by atoms with Gasteiger partial charge < -0.3 is 20.0 Å². The molecule has 1 heterocycles. The van der Waals surface area contributed by atoms with E-state index in [1.54, 1.807) is 0 Å². The summed E-state index contributed by atoms with van der Waals surface area (Å²) in [4.78, 5) is 19.3. The van der Waals surface area contributed by atoms with Crippen molar-refractivity contribution in [2.24, 2.45) is 0 Å². The number of nitrogens with one attached hydrogen (secondary N) is 1. The molecule has 0 saturated carbocycles. The van der Waals surface area contributed by atoms with E-state index in [-0.39, 0.29) is 12.1 Å². The first-order valence-electron chi connectivity index (χ1n) is 9.64. The maximum atomic E-state index is 12.8. The van der Waals surface area contributed by atoms with Gasteiger partial charge >= 0.3 is 6.03 Å². The van der Waals surface area contributed by atoms with Gasteiger partial charge in [0.15, 0.2) is 0 Å². The van der Waals surface area contributed by atoms with E-state index in [9.17, 15) is 4.79 Å². The molecule has 1 fully saturated rings. The molecule has 1 atom stereocenters. The fraction of sp³-hybridized carbons (Fsp3) is 0.409. The highest BCUT2D eigenvalue weighted by atomic mass is 16.2. The number of nitrogens with zero attached hydrogens (tertiary/aromatic N) is 3. The molecule has 1 N–H and O–H groups in total. The number of carbonyl (C=O) groups is 1. The third-order valence-electron chi connectivity index (χ3n) is 5.09. The lowest BCUT2D eigenvalue weighted by molar-refractivity contribution is 0.108. The molecule has 0 bridgehead atoms. The van der Waals surface area contributed by atoms with Gasteiger partial charge in [-0.3, -0.25) is 0 Å². The van der Waals surface area contributed by atoms with Gasteiger partial charge in [0.2, 0.25) is 0 Å². The van der Waals surface area contributed by atoms with Crippen LogP contribution in [0.25, 0.3) is 0 Å². The molecule has 1 aliphatic rings. The van der Waals surface area contributed by atoms with Gasteiger partial charge in [-0.15, -0.1) is 0 Å². The highest BCUT2D eigenvalue weighted by Gasteiger charge is 2.29. The molecule has 0 aromatic heterocycles. The number of hydrogen-bond acceptors (Lipinski definition) is 3. The summed E-state index contributed by atoms with van der Waals surface area (Å²) in [5, 5.41) is 3.11. The summed E-state index contributed by atoms with van der Waals surface area (Å²) >= 11 is 0. The zero-order chi connectivity index (χ0) is 19.1. The summed E-state index contributed by atoms with van der Waals surface area (Å²) in [7, 11) is 4.20. The molecule has 1 aliphatic heterocycles. The Hall–Kier alpha value is -2.37. The van der Waals surface area contributed by atoms with Gasteiger partial charge in [0.1, 0.15) is 0 Å². The zero-order valence-corrected chi connectivity index (χ0v) is 16.3. The van der Waals surface area contributed by atoms with Crippen LogP contribution in [0, 0.1) is 0 Å². The Morgan fingerprint density at radius 1 is 1.07 bits per heavy atom. The standard InChI is InChI=1S/C22H30N4O/c1-24(17-19-9-5-3-6-10-19)14-13-23-22(27)26-16-15-25(2)18-21(26)20-11-7-4-8-12-20/h3-12,21H,13-18H2,1-2H3,(H,23,27). The summed E-state index contributed by atoms with van der Waals surface area (Å²) in [6, 6.07) is 20.9. The van der Waals surface area contributed by atoms with Crippen molar-refractivity contribution in [2.45, 2.75) is 12.6 Å². The Labute approximate surface area is 162 Å². The first kappa shape index (κ1) is 19.4. The Bertz CT molecular complexity index is 707. The van der Waals surface area contributed by atoms with Gasteiger partial charge in [-0.05, 0) is 25.2 Å². The van der Waals surface area contributed by atoms with E-state index < -0.39 is 0 Å². The zero-order valence-electron chi connectivity index (χ0n) is 16.3. The van der Waals surface area contributed by atoms with Gasteiger partial charge in [0.05, 0.1) is 6.04 Å². The largest absolute Gasteiger partial charge is 0.337 e. The normalized spacial score (nSPS) is 17.9. The minimum absolute atomic E-state index is 0.0325. The van der Waals surface area contributed by atoms with Gasteiger partial charge in [0.25, 0.3) is 0 Å². The van der Waals surface area contributed by atoms with Crippen LogP contribution in [-0.4, -0.2) is 67.5 Å². The third-order valence-corrected chi connectivity index (χ3v) is 5.09. The minimum atomic E-state index is 0.0325. The van der Waals surface area contributed by atoms with Crippen LogP contribution in [0.1, 0.15) is 17.2 Å². The molecule has 5 heteroatoms. The van der Waals surface area contributed by atoms with Crippen molar-refractivity contribution in [3.8, 4) is 0 Å². The lowest BCUT2D eigenvalue weighted by atomic mass is 10.0. The molecule has 1 unspecified atom stereocenters. The van der Waals surface area contributed by atoms with Crippen LogP contribution < -0.4 is 5.32 Å². The van der Waals surface area contributed by atoms with Crippen molar-refractivity contribution in [3.05, 3.63) is 71.8 Å². The number of benzene rings is 2. The first-order chi connectivity index (χ1) is 13.1. The molecule has 144 valence electrons. The highest BCUT2D eigenvalue weighted by molar-refractivity contribution is 5.75.